The molecule has 0 saturated carbocycles. The van der Waals surface area contributed by atoms with E-state index >= 15 is 4.39 Å². The summed E-state index contributed by atoms with van der Waals surface area (Å²) < 4.78 is 58.6. The molecule has 3 aromatic heterocycles. The van der Waals surface area contributed by atoms with Crippen molar-refractivity contribution in [2.75, 3.05) is 6.54 Å². The zero-order valence-electron chi connectivity index (χ0n) is 30.2. The zero-order valence-corrected chi connectivity index (χ0v) is 30.2. The third-order valence-electron chi connectivity index (χ3n) is 10.5. The second-order valence-electron chi connectivity index (χ2n) is 14.6. The monoisotopic (exact) mass is 734 g/mol. The second-order valence-corrected chi connectivity index (χ2v) is 14.6. The summed E-state index contributed by atoms with van der Waals surface area (Å²) in [5.41, 5.74) is -0.0121. The van der Waals surface area contributed by atoms with Crippen LogP contribution in [-0.4, -0.2) is 71.1 Å². The fraction of sp³-hybridized carbons (Fsp3) is 0.487. The van der Waals surface area contributed by atoms with Gasteiger partial charge in [0.1, 0.15) is 35.2 Å². The van der Waals surface area contributed by atoms with Gasteiger partial charge in [0.2, 0.25) is 5.91 Å². The molecule has 5 heterocycles. The Morgan fingerprint density at radius 1 is 1.00 bits per heavy atom. The van der Waals surface area contributed by atoms with Gasteiger partial charge in [0, 0.05) is 49.0 Å². The highest BCUT2D eigenvalue weighted by atomic mass is 19.4. The number of rotatable bonds is 5. The van der Waals surface area contributed by atoms with Gasteiger partial charge in [0.15, 0.2) is 11.6 Å². The molecule has 0 spiro atoms. The van der Waals surface area contributed by atoms with Gasteiger partial charge in [-0.3, -0.25) is 23.9 Å². The van der Waals surface area contributed by atoms with Gasteiger partial charge in [-0.1, -0.05) is 25.8 Å². The Bertz CT molecular complexity index is 2080. The van der Waals surface area contributed by atoms with Gasteiger partial charge in [-0.25, -0.2) is 19.3 Å². The van der Waals surface area contributed by atoms with E-state index in [-0.39, 0.29) is 41.7 Å². The highest BCUT2D eigenvalue weighted by Gasteiger charge is 2.49. The summed E-state index contributed by atoms with van der Waals surface area (Å²) in [6.07, 6.45) is 0.919. The largest absolute Gasteiger partial charge is 0.433 e. The molecule has 1 fully saturated rings. The predicted octanol–water partition coefficient (Wildman–Crippen LogP) is 6.95. The molecule has 1 saturated heterocycles. The number of fused-ring (bicyclic) bond motifs is 2. The number of ketones is 3. The van der Waals surface area contributed by atoms with Crippen LogP contribution in [-0.2, 0) is 39.9 Å². The molecule has 0 radical (unpaired) electrons. The Hall–Kier alpha value is -4.88. The summed E-state index contributed by atoms with van der Waals surface area (Å²) in [6, 6.07) is 4.50. The number of aromatic nitrogens is 5. The molecule has 2 aliphatic heterocycles. The normalized spacial score (nSPS) is 21.9. The van der Waals surface area contributed by atoms with Crippen molar-refractivity contribution in [3.05, 3.63) is 70.7 Å². The topological polar surface area (TPSA) is 128 Å². The summed E-state index contributed by atoms with van der Waals surface area (Å²) >= 11 is 0. The maximum atomic E-state index is 16.7. The Morgan fingerprint density at radius 3 is 2.43 bits per heavy atom. The van der Waals surface area contributed by atoms with E-state index in [4.69, 9.17) is 0 Å². The summed E-state index contributed by atoms with van der Waals surface area (Å²) in [6.45, 7) is 5.59. The number of amides is 1. The molecular formula is C39H42F4N6O4. The van der Waals surface area contributed by atoms with Gasteiger partial charge in [0.25, 0.3) is 0 Å². The lowest BCUT2D eigenvalue weighted by Crippen LogP contribution is -2.43. The molecule has 2 bridgehead atoms. The minimum absolute atomic E-state index is 0.0758. The number of carbonyl (C=O) groups is 4. The lowest BCUT2D eigenvalue weighted by molar-refractivity contribution is -0.141. The highest BCUT2D eigenvalue weighted by Crippen LogP contribution is 2.38. The van der Waals surface area contributed by atoms with Crippen LogP contribution in [0.2, 0.25) is 0 Å². The molecule has 0 aliphatic carbocycles. The number of hydrogen-bond acceptors (Lipinski definition) is 8. The van der Waals surface area contributed by atoms with E-state index in [1.165, 1.54) is 24.6 Å². The van der Waals surface area contributed by atoms with Crippen molar-refractivity contribution < 1.29 is 36.7 Å². The standard InChI is InChI=1S/C39H42F4N6O4/c1-22-10-11-34(39(41,42)43)46-30(22)16-33(52)31-17-38(40)13-12-32(51)23(2)8-6-5-7-9-26-14-27(28-18-44-25(4)45-19-28)15-29-36(24(3)50)47-49(37(26)29)20-35(53)48(31)21-38/h10-11,14-15,18-19,23,31H,5-9,12-13,16-17,20-21H2,1-4H3/t23-,31+,38-/m1/s1. The van der Waals surface area contributed by atoms with Crippen LogP contribution in [0.15, 0.2) is 36.7 Å². The van der Waals surface area contributed by atoms with Gasteiger partial charge in [-0.2, -0.15) is 18.3 Å². The molecule has 1 aromatic carbocycles. The van der Waals surface area contributed by atoms with Gasteiger partial charge in [-0.05, 0) is 74.4 Å². The second kappa shape index (κ2) is 14.9. The molecule has 4 aromatic rings. The van der Waals surface area contributed by atoms with Crippen molar-refractivity contribution in [1.82, 2.24) is 29.6 Å². The average molecular weight is 735 g/mol. The van der Waals surface area contributed by atoms with Crippen LogP contribution in [0.1, 0.15) is 97.6 Å². The van der Waals surface area contributed by atoms with Crippen molar-refractivity contribution in [2.45, 2.75) is 110 Å². The molecule has 3 atom stereocenters. The lowest BCUT2D eigenvalue weighted by atomic mass is 9.89. The van der Waals surface area contributed by atoms with E-state index in [2.05, 4.69) is 20.1 Å². The molecule has 0 N–H and O–H groups in total. The van der Waals surface area contributed by atoms with Crippen LogP contribution in [0.3, 0.4) is 0 Å². The first kappa shape index (κ1) is 37.9. The first-order chi connectivity index (χ1) is 25.0. The van der Waals surface area contributed by atoms with E-state index in [1.54, 1.807) is 19.3 Å². The maximum Gasteiger partial charge on any atom is 0.433 e. The molecule has 10 nitrogen and oxygen atoms in total. The fourth-order valence-corrected chi connectivity index (χ4v) is 7.45. The Kier molecular flexibility index (Phi) is 10.6. The predicted molar refractivity (Wildman–Crippen MR) is 188 cm³/mol. The smallest absolute Gasteiger partial charge is 0.328 e. The van der Waals surface area contributed by atoms with Crippen LogP contribution in [0, 0.1) is 19.8 Å². The third-order valence-corrected chi connectivity index (χ3v) is 10.5. The van der Waals surface area contributed by atoms with E-state index in [1.807, 2.05) is 19.1 Å². The molecule has 2 aliphatic rings. The van der Waals surface area contributed by atoms with E-state index in [0.29, 0.717) is 35.1 Å². The number of pyridine rings is 1. The molecule has 280 valence electrons. The number of halogens is 4. The summed E-state index contributed by atoms with van der Waals surface area (Å²) in [4.78, 5) is 67.7. The molecular weight excluding hydrogens is 692 g/mol. The summed E-state index contributed by atoms with van der Waals surface area (Å²) in [5.74, 6) is -1.46. The molecule has 53 heavy (non-hydrogen) atoms. The number of hydrogen-bond donors (Lipinski definition) is 0. The minimum atomic E-state index is -4.74. The number of carbonyl (C=O) groups excluding carboxylic acids is 4. The Balaban J connectivity index is 1.42. The molecule has 14 heteroatoms. The van der Waals surface area contributed by atoms with Crippen LogP contribution < -0.4 is 0 Å². The molecule has 0 unspecified atom stereocenters. The zero-order chi connectivity index (χ0) is 38.2. The van der Waals surface area contributed by atoms with Gasteiger partial charge < -0.3 is 4.90 Å². The van der Waals surface area contributed by atoms with Crippen molar-refractivity contribution in [2.24, 2.45) is 5.92 Å². The van der Waals surface area contributed by atoms with Gasteiger partial charge >= 0.3 is 6.18 Å². The molecule has 1 amide bonds. The highest BCUT2D eigenvalue weighted by molar-refractivity contribution is 6.07. The first-order valence-corrected chi connectivity index (χ1v) is 17.9. The van der Waals surface area contributed by atoms with Crippen molar-refractivity contribution >= 4 is 34.2 Å². The number of benzene rings is 1. The van der Waals surface area contributed by atoms with Crippen LogP contribution in [0.25, 0.3) is 22.0 Å². The maximum absolute atomic E-state index is 16.7. The van der Waals surface area contributed by atoms with Crippen LogP contribution in [0.4, 0.5) is 17.6 Å². The van der Waals surface area contributed by atoms with E-state index in [9.17, 15) is 32.3 Å². The van der Waals surface area contributed by atoms with Crippen molar-refractivity contribution in [1.29, 1.82) is 0 Å². The molecule has 6 rings (SSSR count). The number of Topliss-reactive ketones (excluding diaryl/α,β-unsaturated/α-hetero) is 3. The first-order valence-electron chi connectivity index (χ1n) is 17.9. The van der Waals surface area contributed by atoms with E-state index in [0.717, 1.165) is 46.9 Å². The van der Waals surface area contributed by atoms with Gasteiger partial charge in [0.05, 0.1) is 30.2 Å². The summed E-state index contributed by atoms with van der Waals surface area (Å²) in [7, 11) is 0. The Labute approximate surface area is 304 Å². The summed E-state index contributed by atoms with van der Waals surface area (Å²) in [5, 5.41) is 5.11. The minimum Gasteiger partial charge on any atom is -0.328 e. The SMILES string of the molecule is CC(=O)c1nn2c3c(cc(-c4cnc(C)nc4)cc13)CCCCC[C@@H](C)C(=O)CC[C@@]1(F)C[C@@H](C(=O)Cc3nc(C(F)(F)F)ccc3C)N(C1)C(=O)C2. The lowest BCUT2D eigenvalue weighted by Gasteiger charge is -2.24. The third kappa shape index (κ3) is 8.21. The Morgan fingerprint density at radius 2 is 1.74 bits per heavy atom. The quantitative estimate of drug-likeness (QED) is 0.159. The number of aryl methyl sites for hydroxylation is 3. The van der Waals surface area contributed by atoms with Crippen LogP contribution >= 0.6 is 0 Å². The van der Waals surface area contributed by atoms with Crippen LogP contribution in [0.5, 0.6) is 0 Å². The number of alkyl halides is 4. The van der Waals surface area contributed by atoms with Crippen molar-refractivity contribution in [3.63, 3.8) is 0 Å². The fourth-order valence-electron chi connectivity index (χ4n) is 7.45. The number of nitrogens with zero attached hydrogens (tertiary/aromatic N) is 6. The average Bonchev–Trinajstić information content (AvgIpc) is 3.65. The van der Waals surface area contributed by atoms with Gasteiger partial charge in [-0.15, -0.1) is 0 Å². The van der Waals surface area contributed by atoms with Crippen molar-refractivity contribution in [3.8, 4) is 11.1 Å². The van der Waals surface area contributed by atoms with E-state index < -0.39 is 61.2 Å².